The fourth-order valence-corrected chi connectivity index (χ4v) is 2.48. The van der Waals surface area contributed by atoms with Crippen LogP contribution >= 0.6 is 0 Å². The lowest BCUT2D eigenvalue weighted by Gasteiger charge is -2.13. The number of para-hydroxylation sites is 2. The molecule has 1 aromatic heterocycles. The van der Waals surface area contributed by atoms with Gasteiger partial charge in [0.1, 0.15) is 18.2 Å². The van der Waals surface area contributed by atoms with Crippen molar-refractivity contribution in [3.8, 4) is 5.75 Å². The van der Waals surface area contributed by atoms with E-state index in [1.165, 1.54) is 0 Å². The first-order valence-electron chi connectivity index (χ1n) is 7.09. The highest BCUT2D eigenvalue weighted by atomic mass is 16.5. The summed E-state index contributed by atoms with van der Waals surface area (Å²) in [5.74, 6) is 1.73. The van der Waals surface area contributed by atoms with Gasteiger partial charge in [0.2, 0.25) is 0 Å². The van der Waals surface area contributed by atoms with Gasteiger partial charge in [0.15, 0.2) is 0 Å². The molecule has 1 heterocycles. The van der Waals surface area contributed by atoms with Crippen LogP contribution < -0.4 is 10.5 Å². The fourth-order valence-electron chi connectivity index (χ4n) is 2.48. The van der Waals surface area contributed by atoms with Crippen LogP contribution in [0.1, 0.15) is 25.7 Å². The van der Waals surface area contributed by atoms with E-state index >= 15 is 0 Å². The normalized spacial score (nSPS) is 11.2. The Morgan fingerprint density at radius 3 is 2.52 bits per heavy atom. The van der Waals surface area contributed by atoms with Crippen LogP contribution in [0.5, 0.6) is 5.75 Å². The summed E-state index contributed by atoms with van der Waals surface area (Å²) in [6.07, 6.45) is 0. The minimum atomic E-state index is 0.336. The summed E-state index contributed by atoms with van der Waals surface area (Å²) in [4.78, 5) is 4.68. The lowest BCUT2D eigenvalue weighted by molar-refractivity contribution is 0.287. The van der Waals surface area contributed by atoms with Crippen molar-refractivity contribution in [2.24, 2.45) is 0 Å². The summed E-state index contributed by atoms with van der Waals surface area (Å²) >= 11 is 0. The average Bonchev–Trinajstić information content (AvgIpc) is 2.85. The highest BCUT2D eigenvalue weighted by Crippen LogP contribution is 2.22. The quantitative estimate of drug-likeness (QED) is 0.740. The zero-order valence-electron chi connectivity index (χ0n) is 12.3. The monoisotopic (exact) mass is 281 g/mol. The van der Waals surface area contributed by atoms with Crippen LogP contribution in [0, 0.1) is 0 Å². The van der Waals surface area contributed by atoms with Gasteiger partial charge in [-0.2, -0.15) is 0 Å². The number of rotatable bonds is 4. The van der Waals surface area contributed by atoms with Crippen LogP contribution in [0.15, 0.2) is 48.5 Å². The molecule has 0 atom stereocenters. The van der Waals surface area contributed by atoms with Crippen molar-refractivity contribution in [1.82, 2.24) is 9.55 Å². The van der Waals surface area contributed by atoms with Gasteiger partial charge in [-0.05, 0) is 50.2 Å². The Kier molecular flexibility index (Phi) is 3.52. The number of fused-ring (bicyclic) bond motifs is 1. The zero-order chi connectivity index (χ0) is 14.8. The molecule has 4 heteroatoms. The van der Waals surface area contributed by atoms with Gasteiger partial charge >= 0.3 is 0 Å². The molecular formula is C17H19N3O. The lowest BCUT2D eigenvalue weighted by atomic mass is 10.3. The third kappa shape index (κ3) is 2.70. The maximum Gasteiger partial charge on any atom is 0.148 e. The molecule has 4 nitrogen and oxygen atoms in total. The first-order valence-corrected chi connectivity index (χ1v) is 7.09. The second-order valence-electron chi connectivity index (χ2n) is 5.34. The molecular weight excluding hydrogens is 262 g/mol. The number of nitrogens with two attached hydrogens (primary N) is 1. The smallest absolute Gasteiger partial charge is 0.148 e. The maximum absolute atomic E-state index is 5.83. The van der Waals surface area contributed by atoms with Crippen LogP contribution in [0.3, 0.4) is 0 Å². The number of benzene rings is 2. The molecule has 0 aliphatic rings. The highest BCUT2D eigenvalue weighted by molar-refractivity contribution is 5.76. The van der Waals surface area contributed by atoms with Crippen molar-refractivity contribution < 1.29 is 4.74 Å². The van der Waals surface area contributed by atoms with E-state index in [2.05, 4.69) is 29.5 Å². The molecule has 2 N–H and O–H groups in total. The van der Waals surface area contributed by atoms with Crippen molar-refractivity contribution in [2.75, 3.05) is 5.73 Å². The van der Waals surface area contributed by atoms with Crippen molar-refractivity contribution >= 4 is 16.7 Å². The van der Waals surface area contributed by atoms with Crippen LogP contribution in [0.2, 0.25) is 0 Å². The minimum Gasteiger partial charge on any atom is -0.486 e. The average molecular weight is 281 g/mol. The van der Waals surface area contributed by atoms with Gasteiger partial charge in [-0.25, -0.2) is 4.98 Å². The number of hydrogen-bond acceptors (Lipinski definition) is 3. The van der Waals surface area contributed by atoms with Crippen LogP contribution in [0.4, 0.5) is 5.69 Å². The van der Waals surface area contributed by atoms with Crippen LogP contribution in [-0.4, -0.2) is 9.55 Å². The molecule has 0 radical (unpaired) electrons. The van der Waals surface area contributed by atoms with Gasteiger partial charge in [-0.15, -0.1) is 0 Å². The highest BCUT2D eigenvalue weighted by Gasteiger charge is 2.13. The summed E-state index contributed by atoms with van der Waals surface area (Å²) in [7, 11) is 0. The molecule has 0 amide bonds. The number of imidazole rings is 1. The Hall–Kier alpha value is -2.49. The standard InChI is InChI=1S/C17H19N3O/c1-12(2)20-16-6-4-3-5-15(16)19-17(20)11-21-14-9-7-13(18)8-10-14/h3-10,12H,11,18H2,1-2H3. The summed E-state index contributed by atoms with van der Waals surface area (Å²) in [5, 5.41) is 0. The first kappa shape index (κ1) is 13.5. The molecule has 0 fully saturated rings. The predicted octanol–water partition coefficient (Wildman–Crippen LogP) is 3.78. The van der Waals surface area contributed by atoms with Crippen molar-refractivity contribution in [3.05, 3.63) is 54.4 Å². The van der Waals surface area contributed by atoms with Gasteiger partial charge in [0.25, 0.3) is 0 Å². The molecule has 108 valence electrons. The molecule has 21 heavy (non-hydrogen) atoms. The van der Waals surface area contributed by atoms with E-state index in [9.17, 15) is 0 Å². The number of aromatic nitrogens is 2. The first-order chi connectivity index (χ1) is 10.1. The van der Waals surface area contributed by atoms with Gasteiger partial charge < -0.3 is 15.0 Å². The van der Waals surface area contributed by atoms with Crippen LogP contribution in [-0.2, 0) is 6.61 Å². The van der Waals surface area contributed by atoms with E-state index in [4.69, 9.17) is 10.5 Å². The fraction of sp³-hybridized carbons (Fsp3) is 0.235. The number of nitrogen functional groups attached to an aromatic ring is 1. The van der Waals surface area contributed by atoms with E-state index in [0.717, 1.165) is 28.3 Å². The Morgan fingerprint density at radius 1 is 1.10 bits per heavy atom. The second kappa shape index (κ2) is 5.48. The predicted molar refractivity (Wildman–Crippen MR) is 85.3 cm³/mol. The summed E-state index contributed by atoms with van der Waals surface area (Å²) in [6, 6.07) is 15.9. The molecule has 2 aromatic carbocycles. The molecule has 0 bridgehead atoms. The lowest BCUT2D eigenvalue weighted by Crippen LogP contribution is -2.09. The zero-order valence-corrected chi connectivity index (χ0v) is 12.3. The summed E-state index contributed by atoms with van der Waals surface area (Å²) in [6.45, 7) is 4.75. The molecule has 0 aliphatic carbocycles. The molecule has 0 unspecified atom stereocenters. The topological polar surface area (TPSA) is 53.1 Å². The summed E-state index contributed by atoms with van der Waals surface area (Å²) < 4.78 is 8.04. The van der Waals surface area contributed by atoms with Gasteiger partial charge in [-0.1, -0.05) is 12.1 Å². The maximum atomic E-state index is 5.83. The van der Waals surface area contributed by atoms with Crippen molar-refractivity contribution in [2.45, 2.75) is 26.5 Å². The number of nitrogens with zero attached hydrogens (tertiary/aromatic N) is 2. The SMILES string of the molecule is CC(C)n1c(COc2ccc(N)cc2)nc2ccccc21. The van der Waals surface area contributed by atoms with E-state index in [1.807, 2.05) is 42.5 Å². The third-order valence-electron chi connectivity index (χ3n) is 3.43. The molecule has 0 saturated carbocycles. The van der Waals surface area contributed by atoms with Gasteiger partial charge in [-0.3, -0.25) is 0 Å². The molecule has 0 saturated heterocycles. The molecule has 0 spiro atoms. The van der Waals surface area contributed by atoms with E-state index in [-0.39, 0.29) is 0 Å². The second-order valence-corrected chi connectivity index (χ2v) is 5.34. The van der Waals surface area contributed by atoms with Crippen molar-refractivity contribution in [3.63, 3.8) is 0 Å². The summed E-state index contributed by atoms with van der Waals surface area (Å²) in [5.41, 5.74) is 8.55. The van der Waals surface area contributed by atoms with Crippen LogP contribution in [0.25, 0.3) is 11.0 Å². The number of ether oxygens (including phenoxy) is 1. The Bertz CT molecular complexity index is 744. The van der Waals surface area contributed by atoms with E-state index in [1.54, 1.807) is 0 Å². The van der Waals surface area contributed by atoms with Gasteiger partial charge in [0.05, 0.1) is 11.0 Å². The van der Waals surface area contributed by atoms with E-state index < -0.39 is 0 Å². The van der Waals surface area contributed by atoms with Gasteiger partial charge in [0, 0.05) is 11.7 Å². The van der Waals surface area contributed by atoms with Crippen molar-refractivity contribution in [1.29, 1.82) is 0 Å². The number of anilines is 1. The Morgan fingerprint density at radius 2 is 1.81 bits per heavy atom. The molecule has 0 aliphatic heterocycles. The number of hydrogen-bond donors (Lipinski definition) is 1. The minimum absolute atomic E-state index is 0.336. The largest absolute Gasteiger partial charge is 0.486 e. The molecule has 3 rings (SSSR count). The molecule has 3 aromatic rings. The van der Waals surface area contributed by atoms with E-state index in [0.29, 0.717) is 12.6 Å². The third-order valence-corrected chi connectivity index (χ3v) is 3.43. The Balaban J connectivity index is 1.89. The Labute approximate surface area is 124 Å².